The van der Waals surface area contributed by atoms with Gasteiger partial charge in [-0.15, -0.1) is 0 Å². The number of aliphatic hydroxyl groups is 4. The van der Waals surface area contributed by atoms with Crippen molar-refractivity contribution < 1.29 is 29.9 Å². The van der Waals surface area contributed by atoms with Crippen LogP contribution in [-0.4, -0.2) is 63.3 Å². The quantitative estimate of drug-likeness (QED) is 0.481. The Bertz CT molecular complexity index is 238. The molecule has 1 aliphatic heterocycles. The molecule has 6 heteroatoms. The SMILES string of the molecule is CC(C)(C)O[C@]1(CO)O[C@H](CO)[C@@H](O)[C@@H]1O. The third-order valence-electron chi connectivity index (χ3n) is 2.39. The van der Waals surface area contributed by atoms with Crippen LogP contribution < -0.4 is 0 Å². The lowest BCUT2D eigenvalue weighted by Crippen LogP contribution is -2.52. The predicted molar refractivity (Wildman–Crippen MR) is 54.6 cm³/mol. The molecule has 0 aromatic heterocycles. The molecule has 16 heavy (non-hydrogen) atoms. The highest BCUT2D eigenvalue weighted by Gasteiger charge is 2.56. The average molecular weight is 236 g/mol. The molecule has 0 amide bonds. The molecule has 1 rings (SSSR count). The highest BCUT2D eigenvalue weighted by molar-refractivity contribution is 4.97. The number of hydrogen-bond donors (Lipinski definition) is 4. The van der Waals surface area contributed by atoms with E-state index in [1.807, 2.05) is 0 Å². The van der Waals surface area contributed by atoms with Gasteiger partial charge in [-0.2, -0.15) is 0 Å². The van der Waals surface area contributed by atoms with Crippen LogP contribution in [0.3, 0.4) is 0 Å². The Balaban J connectivity index is 2.89. The molecule has 0 aliphatic carbocycles. The van der Waals surface area contributed by atoms with Gasteiger partial charge in [0.15, 0.2) is 0 Å². The van der Waals surface area contributed by atoms with E-state index in [0.29, 0.717) is 0 Å². The van der Waals surface area contributed by atoms with E-state index in [1.54, 1.807) is 20.8 Å². The summed E-state index contributed by atoms with van der Waals surface area (Å²) in [4.78, 5) is 0. The molecular formula is C10H20O6. The molecule has 1 heterocycles. The summed E-state index contributed by atoms with van der Waals surface area (Å²) in [7, 11) is 0. The van der Waals surface area contributed by atoms with Gasteiger partial charge in [0.05, 0.1) is 12.2 Å². The second kappa shape index (κ2) is 4.56. The van der Waals surface area contributed by atoms with Gasteiger partial charge in [0.25, 0.3) is 0 Å². The number of hydrogen-bond acceptors (Lipinski definition) is 6. The van der Waals surface area contributed by atoms with Crippen LogP contribution in [0.25, 0.3) is 0 Å². The molecule has 4 atom stereocenters. The van der Waals surface area contributed by atoms with Gasteiger partial charge in [0, 0.05) is 0 Å². The van der Waals surface area contributed by atoms with E-state index in [0.717, 1.165) is 0 Å². The Kier molecular flexibility index (Phi) is 3.94. The van der Waals surface area contributed by atoms with Crippen LogP contribution in [0.4, 0.5) is 0 Å². The Morgan fingerprint density at radius 2 is 1.81 bits per heavy atom. The van der Waals surface area contributed by atoms with Crippen molar-refractivity contribution in [3.05, 3.63) is 0 Å². The maximum atomic E-state index is 9.80. The first-order valence-corrected chi connectivity index (χ1v) is 5.21. The molecule has 0 unspecified atom stereocenters. The summed E-state index contributed by atoms with van der Waals surface area (Å²) in [6.07, 6.45) is -3.63. The second-order valence-electron chi connectivity index (χ2n) is 4.96. The molecule has 1 aliphatic rings. The van der Waals surface area contributed by atoms with Crippen LogP contribution in [0.5, 0.6) is 0 Å². The maximum absolute atomic E-state index is 9.80. The molecule has 0 spiro atoms. The van der Waals surface area contributed by atoms with E-state index in [4.69, 9.17) is 14.6 Å². The fraction of sp³-hybridized carbons (Fsp3) is 1.00. The lowest BCUT2D eigenvalue weighted by molar-refractivity contribution is -0.310. The zero-order valence-electron chi connectivity index (χ0n) is 9.75. The van der Waals surface area contributed by atoms with Gasteiger partial charge in [-0.25, -0.2) is 0 Å². The minimum absolute atomic E-state index is 0.451. The van der Waals surface area contributed by atoms with Crippen LogP contribution >= 0.6 is 0 Å². The van der Waals surface area contributed by atoms with Crippen molar-refractivity contribution in [3.63, 3.8) is 0 Å². The summed E-state index contributed by atoms with van der Waals surface area (Å²) in [6, 6.07) is 0. The van der Waals surface area contributed by atoms with Gasteiger partial charge in [-0.3, -0.25) is 0 Å². The van der Waals surface area contributed by atoms with Crippen LogP contribution in [0.1, 0.15) is 20.8 Å². The van der Waals surface area contributed by atoms with E-state index in [9.17, 15) is 15.3 Å². The van der Waals surface area contributed by atoms with E-state index >= 15 is 0 Å². The minimum atomic E-state index is -1.68. The Hall–Kier alpha value is -0.240. The molecular weight excluding hydrogens is 216 g/mol. The summed E-state index contributed by atoms with van der Waals surface area (Å²) < 4.78 is 10.7. The third-order valence-corrected chi connectivity index (χ3v) is 2.39. The van der Waals surface area contributed by atoms with Crippen molar-refractivity contribution in [1.82, 2.24) is 0 Å². The van der Waals surface area contributed by atoms with Crippen LogP contribution in [0, 0.1) is 0 Å². The first-order valence-electron chi connectivity index (χ1n) is 5.21. The summed E-state index contributed by atoms with van der Waals surface area (Å²) in [5.74, 6) is -1.68. The molecule has 0 aromatic rings. The van der Waals surface area contributed by atoms with Crippen molar-refractivity contribution in [1.29, 1.82) is 0 Å². The van der Waals surface area contributed by atoms with E-state index in [2.05, 4.69) is 0 Å². The van der Waals surface area contributed by atoms with E-state index in [-0.39, 0.29) is 0 Å². The first kappa shape index (κ1) is 13.8. The molecule has 0 radical (unpaired) electrons. The standard InChI is InChI=1S/C10H20O6/c1-9(2,3)16-10(5-12)8(14)7(13)6(4-11)15-10/h6-8,11-14H,4-5H2,1-3H3/t6-,7-,8+,10+/m1/s1. The number of aliphatic hydroxyl groups excluding tert-OH is 4. The summed E-state index contributed by atoms with van der Waals surface area (Å²) >= 11 is 0. The number of ether oxygens (including phenoxy) is 2. The van der Waals surface area contributed by atoms with Crippen LogP contribution in [0.2, 0.25) is 0 Å². The van der Waals surface area contributed by atoms with Gasteiger partial charge < -0.3 is 29.9 Å². The van der Waals surface area contributed by atoms with Crippen molar-refractivity contribution in [2.45, 2.75) is 50.5 Å². The Morgan fingerprint density at radius 1 is 1.25 bits per heavy atom. The highest BCUT2D eigenvalue weighted by Crippen LogP contribution is 2.35. The van der Waals surface area contributed by atoms with Crippen LogP contribution in [0.15, 0.2) is 0 Å². The maximum Gasteiger partial charge on any atom is 0.222 e. The fourth-order valence-electron chi connectivity index (χ4n) is 1.77. The fourth-order valence-corrected chi connectivity index (χ4v) is 1.77. The van der Waals surface area contributed by atoms with Gasteiger partial charge in [-0.05, 0) is 20.8 Å². The lowest BCUT2D eigenvalue weighted by Gasteiger charge is -2.36. The minimum Gasteiger partial charge on any atom is -0.394 e. The molecule has 6 nitrogen and oxygen atoms in total. The van der Waals surface area contributed by atoms with Crippen molar-refractivity contribution in [3.8, 4) is 0 Å². The molecule has 0 saturated carbocycles. The average Bonchev–Trinajstić information content (AvgIpc) is 2.41. The largest absolute Gasteiger partial charge is 0.394 e. The van der Waals surface area contributed by atoms with Crippen molar-refractivity contribution in [2.75, 3.05) is 13.2 Å². The highest BCUT2D eigenvalue weighted by atomic mass is 16.7. The number of rotatable bonds is 3. The summed E-state index contributed by atoms with van der Waals surface area (Å²) in [5, 5.41) is 37.6. The normalized spacial score (nSPS) is 40.3. The zero-order valence-corrected chi connectivity index (χ0v) is 9.75. The smallest absolute Gasteiger partial charge is 0.222 e. The molecule has 4 N–H and O–H groups in total. The topological polar surface area (TPSA) is 99.4 Å². The van der Waals surface area contributed by atoms with Gasteiger partial charge in [0.2, 0.25) is 5.79 Å². The third kappa shape index (κ3) is 2.53. The van der Waals surface area contributed by atoms with Crippen molar-refractivity contribution >= 4 is 0 Å². The van der Waals surface area contributed by atoms with Crippen molar-refractivity contribution in [2.24, 2.45) is 0 Å². The first-order chi connectivity index (χ1) is 7.25. The summed E-state index contributed by atoms with van der Waals surface area (Å²) in [6.45, 7) is 4.16. The zero-order chi connectivity index (χ0) is 12.6. The Labute approximate surface area is 94.4 Å². The summed E-state index contributed by atoms with van der Waals surface area (Å²) in [5.41, 5.74) is -0.659. The molecule has 0 bridgehead atoms. The Morgan fingerprint density at radius 3 is 2.12 bits per heavy atom. The van der Waals surface area contributed by atoms with Gasteiger partial charge >= 0.3 is 0 Å². The molecule has 1 fully saturated rings. The molecule has 1 saturated heterocycles. The monoisotopic (exact) mass is 236 g/mol. The molecule has 0 aromatic carbocycles. The second-order valence-corrected chi connectivity index (χ2v) is 4.96. The molecule has 96 valence electrons. The van der Waals surface area contributed by atoms with Crippen LogP contribution in [-0.2, 0) is 9.47 Å². The van der Waals surface area contributed by atoms with E-state index in [1.165, 1.54) is 0 Å². The van der Waals surface area contributed by atoms with Gasteiger partial charge in [0.1, 0.15) is 24.9 Å². The van der Waals surface area contributed by atoms with E-state index < -0.39 is 42.9 Å². The predicted octanol–water partition coefficient (Wildman–Crippen LogP) is -1.40. The lowest BCUT2D eigenvalue weighted by atomic mass is 10.0. The van der Waals surface area contributed by atoms with Gasteiger partial charge in [-0.1, -0.05) is 0 Å².